The number of urea groups is 1. The first kappa shape index (κ1) is 15.3. The number of nitrogens with zero attached hydrogens (tertiary/aromatic N) is 1. The number of hydrogen-bond acceptors (Lipinski definition) is 4. The quantitative estimate of drug-likeness (QED) is 0.899. The molecule has 2 aromatic rings. The second-order valence-electron chi connectivity index (χ2n) is 5.91. The van der Waals surface area contributed by atoms with Crippen molar-refractivity contribution in [3.63, 3.8) is 0 Å². The second-order valence-corrected chi connectivity index (χ2v) is 5.91. The van der Waals surface area contributed by atoms with Gasteiger partial charge in [-0.3, -0.25) is 4.79 Å². The van der Waals surface area contributed by atoms with Crippen LogP contribution in [0.3, 0.4) is 0 Å². The molecule has 2 aliphatic heterocycles. The molecule has 0 unspecified atom stereocenters. The van der Waals surface area contributed by atoms with Crippen molar-refractivity contribution in [2.75, 3.05) is 23.6 Å². The van der Waals surface area contributed by atoms with E-state index in [1.807, 2.05) is 30.3 Å². The van der Waals surface area contributed by atoms with Crippen molar-refractivity contribution < 1.29 is 19.1 Å². The SMILES string of the molecule is O=C(Nc1ccc2c(c1)OCO2)N[C@H]1CC(=O)N(c2ccccc2)C1. The summed E-state index contributed by atoms with van der Waals surface area (Å²) >= 11 is 0. The van der Waals surface area contributed by atoms with Gasteiger partial charge in [0.2, 0.25) is 12.7 Å². The van der Waals surface area contributed by atoms with E-state index in [-0.39, 0.29) is 31.2 Å². The van der Waals surface area contributed by atoms with E-state index in [1.54, 1.807) is 23.1 Å². The minimum absolute atomic E-state index is 0.000389. The molecule has 2 N–H and O–H groups in total. The Bertz CT molecular complexity index is 809. The van der Waals surface area contributed by atoms with Crippen LogP contribution in [-0.4, -0.2) is 31.3 Å². The van der Waals surface area contributed by atoms with Crippen molar-refractivity contribution in [1.82, 2.24) is 5.32 Å². The molecule has 128 valence electrons. The Morgan fingerprint density at radius 3 is 2.72 bits per heavy atom. The minimum Gasteiger partial charge on any atom is -0.454 e. The maximum absolute atomic E-state index is 12.2. The van der Waals surface area contributed by atoms with Gasteiger partial charge in [-0.05, 0) is 24.3 Å². The number of ether oxygens (including phenoxy) is 2. The number of hydrogen-bond donors (Lipinski definition) is 2. The number of carbonyl (C=O) groups excluding carboxylic acids is 2. The van der Waals surface area contributed by atoms with Crippen molar-refractivity contribution in [1.29, 1.82) is 0 Å². The molecule has 1 atom stereocenters. The zero-order valence-corrected chi connectivity index (χ0v) is 13.4. The predicted molar refractivity (Wildman–Crippen MR) is 91.9 cm³/mol. The maximum Gasteiger partial charge on any atom is 0.319 e. The zero-order chi connectivity index (χ0) is 17.2. The lowest BCUT2D eigenvalue weighted by Gasteiger charge is -2.17. The highest BCUT2D eigenvalue weighted by Gasteiger charge is 2.31. The molecule has 0 radical (unpaired) electrons. The molecule has 0 aromatic heterocycles. The molecule has 7 nitrogen and oxygen atoms in total. The summed E-state index contributed by atoms with van der Waals surface area (Å²) in [6.07, 6.45) is 0.281. The van der Waals surface area contributed by atoms with Crippen LogP contribution in [0.1, 0.15) is 6.42 Å². The molecule has 0 spiro atoms. The van der Waals surface area contributed by atoms with Crippen LogP contribution in [0.4, 0.5) is 16.2 Å². The van der Waals surface area contributed by atoms with Gasteiger partial charge in [0.1, 0.15) is 0 Å². The summed E-state index contributed by atoms with van der Waals surface area (Å²) in [7, 11) is 0. The average molecular weight is 339 g/mol. The Kier molecular flexibility index (Phi) is 3.89. The van der Waals surface area contributed by atoms with Gasteiger partial charge >= 0.3 is 6.03 Å². The third-order valence-corrected chi connectivity index (χ3v) is 4.16. The van der Waals surface area contributed by atoms with Gasteiger partial charge in [0, 0.05) is 30.4 Å². The van der Waals surface area contributed by atoms with Crippen LogP contribution >= 0.6 is 0 Å². The lowest BCUT2D eigenvalue weighted by molar-refractivity contribution is -0.117. The summed E-state index contributed by atoms with van der Waals surface area (Å²) in [5.74, 6) is 1.26. The number of benzene rings is 2. The van der Waals surface area contributed by atoms with Gasteiger partial charge in [0.15, 0.2) is 11.5 Å². The Labute approximate surface area is 144 Å². The van der Waals surface area contributed by atoms with Gasteiger partial charge < -0.3 is 25.0 Å². The van der Waals surface area contributed by atoms with Gasteiger partial charge in [-0.2, -0.15) is 0 Å². The molecule has 1 saturated heterocycles. The van der Waals surface area contributed by atoms with Crippen LogP contribution in [0.25, 0.3) is 0 Å². The van der Waals surface area contributed by atoms with Gasteiger partial charge in [0.25, 0.3) is 0 Å². The second kappa shape index (κ2) is 6.35. The number of amides is 3. The summed E-state index contributed by atoms with van der Waals surface area (Å²) in [4.78, 5) is 26.1. The minimum atomic E-state index is -0.355. The van der Waals surface area contributed by atoms with Gasteiger partial charge in [-0.1, -0.05) is 18.2 Å². The van der Waals surface area contributed by atoms with Crippen LogP contribution in [0.2, 0.25) is 0 Å². The van der Waals surface area contributed by atoms with E-state index >= 15 is 0 Å². The summed E-state index contributed by atoms with van der Waals surface area (Å²) in [6, 6.07) is 14.0. The number of para-hydroxylation sites is 1. The molecule has 7 heteroatoms. The summed E-state index contributed by atoms with van der Waals surface area (Å²) in [6.45, 7) is 0.641. The molecule has 3 amide bonds. The van der Waals surface area contributed by atoms with E-state index in [2.05, 4.69) is 10.6 Å². The van der Waals surface area contributed by atoms with E-state index in [1.165, 1.54) is 0 Å². The van der Waals surface area contributed by atoms with E-state index in [9.17, 15) is 9.59 Å². The standard InChI is InChI=1S/C18H17N3O4/c22-17-9-13(10-21(17)14-4-2-1-3-5-14)20-18(23)19-12-6-7-15-16(8-12)25-11-24-15/h1-8,13H,9-11H2,(H2,19,20,23)/t13-/m0/s1. The number of fused-ring (bicyclic) bond motifs is 1. The van der Waals surface area contributed by atoms with Crippen LogP contribution in [-0.2, 0) is 4.79 Å². The van der Waals surface area contributed by atoms with Gasteiger partial charge in [-0.25, -0.2) is 4.79 Å². The van der Waals surface area contributed by atoms with Gasteiger partial charge in [-0.15, -0.1) is 0 Å². The third-order valence-electron chi connectivity index (χ3n) is 4.16. The molecule has 25 heavy (non-hydrogen) atoms. The van der Waals surface area contributed by atoms with Gasteiger partial charge in [0.05, 0.1) is 6.04 Å². The fraction of sp³-hybridized carbons (Fsp3) is 0.222. The van der Waals surface area contributed by atoms with E-state index in [4.69, 9.17) is 9.47 Å². The lowest BCUT2D eigenvalue weighted by Crippen LogP contribution is -2.39. The lowest BCUT2D eigenvalue weighted by atomic mass is 10.2. The fourth-order valence-electron chi connectivity index (χ4n) is 2.99. The molecule has 0 saturated carbocycles. The van der Waals surface area contributed by atoms with Crippen LogP contribution in [0.15, 0.2) is 48.5 Å². The smallest absolute Gasteiger partial charge is 0.319 e. The Balaban J connectivity index is 1.36. The highest BCUT2D eigenvalue weighted by atomic mass is 16.7. The first-order valence-electron chi connectivity index (χ1n) is 8.01. The van der Waals surface area contributed by atoms with Crippen LogP contribution in [0.5, 0.6) is 11.5 Å². The number of rotatable bonds is 3. The molecule has 2 aromatic carbocycles. The van der Waals surface area contributed by atoms with Crippen molar-refractivity contribution in [2.45, 2.75) is 12.5 Å². The number of nitrogens with one attached hydrogen (secondary N) is 2. The monoisotopic (exact) mass is 339 g/mol. The molecular weight excluding hydrogens is 322 g/mol. The maximum atomic E-state index is 12.2. The Morgan fingerprint density at radius 1 is 1.08 bits per heavy atom. The van der Waals surface area contributed by atoms with Crippen molar-refractivity contribution >= 4 is 23.3 Å². The summed E-state index contributed by atoms with van der Waals surface area (Å²) in [5.41, 5.74) is 1.44. The third kappa shape index (κ3) is 3.21. The molecule has 1 fully saturated rings. The largest absolute Gasteiger partial charge is 0.454 e. The summed E-state index contributed by atoms with van der Waals surface area (Å²) in [5, 5.41) is 5.59. The van der Waals surface area contributed by atoms with Crippen LogP contribution in [0, 0.1) is 0 Å². The molecular formula is C18H17N3O4. The average Bonchev–Trinajstić information content (AvgIpc) is 3.21. The molecule has 0 bridgehead atoms. The predicted octanol–water partition coefficient (Wildman–Crippen LogP) is 2.34. The van der Waals surface area contributed by atoms with Crippen LogP contribution < -0.4 is 25.0 Å². The van der Waals surface area contributed by atoms with Crippen molar-refractivity contribution in [3.05, 3.63) is 48.5 Å². The van der Waals surface area contributed by atoms with Crippen molar-refractivity contribution in [2.24, 2.45) is 0 Å². The fourth-order valence-corrected chi connectivity index (χ4v) is 2.99. The molecule has 2 aliphatic rings. The van der Waals surface area contributed by atoms with E-state index in [0.29, 0.717) is 23.7 Å². The normalized spacial score (nSPS) is 18.3. The molecule has 0 aliphatic carbocycles. The topological polar surface area (TPSA) is 79.9 Å². The molecule has 2 heterocycles. The first-order chi connectivity index (χ1) is 12.2. The number of anilines is 2. The highest BCUT2D eigenvalue weighted by molar-refractivity contribution is 5.97. The first-order valence-corrected chi connectivity index (χ1v) is 8.01. The Hall–Kier alpha value is -3.22. The molecule has 4 rings (SSSR count). The van der Waals surface area contributed by atoms with E-state index in [0.717, 1.165) is 5.69 Å². The summed E-state index contributed by atoms with van der Waals surface area (Å²) < 4.78 is 10.5. The van der Waals surface area contributed by atoms with Crippen molar-refractivity contribution in [3.8, 4) is 11.5 Å². The van der Waals surface area contributed by atoms with E-state index < -0.39 is 0 Å². The Morgan fingerprint density at radius 2 is 1.88 bits per heavy atom. The highest BCUT2D eigenvalue weighted by Crippen LogP contribution is 2.34. The zero-order valence-electron chi connectivity index (χ0n) is 13.4. The number of carbonyl (C=O) groups is 2.